The van der Waals surface area contributed by atoms with Gasteiger partial charge < -0.3 is 10.6 Å². The molecule has 10 nitrogen and oxygen atoms in total. The minimum absolute atomic E-state index is 0.0327. The van der Waals surface area contributed by atoms with Gasteiger partial charge in [-0.1, -0.05) is 33.1 Å². The lowest BCUT2D eigenvalue weighted by molar-refractivity contribution is -0.183. The van der Waals surface area contributed by atoms with Crippen molar-refractivity contribution >= 4 is 17.6 Å². The topological polar surface area (TPSA) is 119 Å². The Labute approximate surface area is 224 Å². The summed E-state index contributed by atoms with van der Waals surface area (Å²) in [5.41, 5.74) is 1.42. The number of nitrogens with zero attached hydrogens (tertiary/aromatic N) is 6. The molecular formula is C26H35F3N8O2. The number of aryl methyl sites for hydroxylation is 1. The van der Waals surface area contributed by atoms with Crippen molar-refractivity contribution in [3.05, 3.63) is 41.7 Å². The third-order valence-corrected chi connectivity index (χ3v) is 7.43. The Hall–Kier alpha value is -3.51. The van der Waals surface area contributed by atoms with Gasteiger partial charge in [0.05, 0.1) is 35.7 Å². The number of amides is 2. The van der Waals surface area contributed by atoms with Crippen molar-refractivity contribution in [2.45, 2.75) is 78.1 Å². The maximum atomic E-state index is 13.2. The predicted molar refractivity (Wildman–Crippen MR) is 137 cm³/mol. The molecule has 4 rings (SSSR count). The molecule has 3 aromatic heterocycles. The molecule has 2 amide bonds. The summed E-state index contributed by atoms with van der Waals surface area (Å²) in [5.74, 6) is -2.25. The highest BCUT2D eigenvalue weighted by Gasteiger charge is 2.44. The van der Waals surface area contributed by atoms with E-state index in [1.807, 2.05) is 6.92 Å². The fourth-order valence-corrected chi connectivity index (χ4v) is 4.86. The summed E-state index contributed by atoms with van der Waals surface area (Å²) in [6.45, 7) is 6.40. The molecular weight excluding hydrogens is 513 g/mol. The number of rotatable bonds is 11. The fraction of sp³-hybridized carbons (Fsp3) is 0.615. The van der Waals surface area contributed by atoms with Crippen LogP contribution in [0.25, 0.3) is 5.78 Å². The number of hydrogen-bond donors (Lipinski definition) is 2. The lowest BCUT2D eigenvalue weighted by Crippen LogP contribution is -2.47. The molecule has 1 saturated heterocycles. The molecule has 1 aliphatic heterocycles. The number of halogens is 3. The predicted octanol–water partition coefficient (Wildman–Crippen LogP) is 3.89. The van der Waals surface area contributed by atoms with Crippen molar-refractivity contribution in [2.75, 3.05) is 6.54 Å². The number of carbonyl (C=O) groups excluding carboxylic acids is 2. The number of hydrogen-bond acceptors (Lipinski definition) is 6. The summed E-state index contributed by atoms with van der Waals surface area (Å²) in [6.07, 6.45) is 3.69. The van der Waals surface area contributed by atoms with Crippen molar-refractivity contribution in [3.8, 4) is 0 Å². The highest BCUT2D eigenvalue weighted by molar-refractivity contribution is 5.92. The summed E-state index contributed by atoms with van der Waals surface area (Å²) < 4.78 is 42.7. The summed E-state index contributed by atoms with van der Waals surface area (Å²) in [7, 11) is 0. The smallest absolute Gasteiger partial charge is 0.355 e. The summed E-state index contributed by atoms with van der Waals surface area (Å²) in [6, 6.07) is 1.27. The molecule has 2 N–H and O–H groups in total. The number of carbonyl (C=O) groups is 2. The lowest BCUT2D eigenvalue weighted by Gasteiger charge is -2.30. The Balaban J connectivity index is 1.53. The fourth-order valence-electron chi connectivity index (χ4n) is 4.86. The molecule has 0 spiro atoms. The Morgan fingerprint density at radius 1 is 1.28 bits per heavy atom. The average molecular weight is 549 g/mol. The van der Waals surface area contributed by atoms with E-state index >= 15 is 0 Å². The van der Waals surface area contributed by atoms with Crippen LogP contribution in [0.1, 0.15) is 80.8 Å². The first-order chi connectivity index (χ1) is 18.6. The van der Waals surface area contributed by atoms with Gasteiger partial charge in [-0.3, -0.25) is 14.3 Å². The molecule has 1 aliphatic rings. The second-order valence-corrected chi connectivity index (χ2v) is 10.3. The van der Waals surface area contributed by atoms with Crippen LogP contribution in [0, 0.1) is 17.8 Å². The maximum Gasteiger partial charge on any atom is 0.393 e. The van der Waals surface area contributed by atoms with Gasteiger partial charge >= 0.3 is 6.18 Å². The van der Waals surface area contributed by atoms with Gasteiger partial charge in [-0.05, 0) is 31.7 Å². The van der Waals surface area contributed by atoms with Gasteiger partial charge in [-0.25, -0.2) is 14.5 Å². The zero-order valence-corrected chi connectivity index (χ0v) is 22.4. The van der Waals surface area contributed by atoms with Crippen molar-refractivity contribution in [3.63, 3.8) is 0 Å². The van der Waals surface area contributed by atoms with Crippen molar-refractivity contribution in [2.24, 2.45) is 17.8 Å². The largest absolute Gasteiger partial charge is 0.393 e. The third-order valence-electron chi connectivity index (χ3n) is 7.43. The third kappa shape index (κ3) is 6.93. The van der Waals surface area contributed by atoms with E-state index in [4.69, 9.17) is 0 Å². The van der Waals surface area contributed by atoms with Crippen LogP contribution in [0.3, 0.4) is 0 Å². The molecule has 212 valence electrons. The first-order valence-electron chi connectivity index (χ1n) is 13.5. The van der Waals surface area contributed by atoms with Crippen LogP contribution in [0.4, 0.5) is 13.2 Å². The number of alkyl halides is 3. The molecule has 3 aromatic rings. The van der Waals surface area contributed by atoms with Gasteiger partial charge in [-0.2, -0.15) is 23.4 Å². The van der Waals surface area contributed by atoms with E-state index in [1.165, 1.54) is 10.7 Å². The molecule has 0 radical (unpaired) electrons. The molecule has 0 aromatic carbocycles. The standard InChI is InChI=1S/C26H35F3N8O2/c1-4-16(3)7-6-8-20(33-24(39)22-9-10-32-36(22)5-2)21-15-37-25(34-21)31-14-19(35-37)12-17-11-18(26(27,28)29)13-30-23(17)38/h9-10,14-18,20H,4-8,11-13H2,1-3H3,(H,30,38)(H,33,39). The van der Waals surface area contributed by atoms with Crippen LogP contribution in [0.5, 0.6) is 0 Å². The van der Waals surface area contributed by atoms with Crippen LogP contribution < -0.4 is 10.6 Å². The number of piperidine rings is 1. The van der Waals surface area contributed by atoms with Crippen LogP contribution in [0.2, 0.25) is 0 Å². The van der Waals surface area contributed by atoms with Crippen molar-refractivity contribution in [1.29, 1.82) is 0 Å². The second-order valence-electron chi connectivity index (χ2n) is 10.3. The van der Waals surface area contributed by atoms with Crippen LogP contribution >= 0.6 is 0 Å². The van der Waals surface area contributed by atoms with Gasteiger partial charge in [-0.15, -0.1) is 0 Å². The molecule has 0 aliphatic carbocycles. The summed E-state index contributed by atoms with van der Waals surface area (Å²) >= 11 is 0. The van der Waals surface area contributed by atoms with Gasteiger partial charge in [0, 0.05) is 31.6 Å². The van der Waals surface area contributed by atoms with E-state index < -0.39 is 36.5 Å². The Morgan fingerprint density at radius 2 is 2.08 bits per heavy atom. The molecule has 0 saturated carbocycles. The van der Waals surface area contributed by atoms with Crippen LogP contribution in [-0.2, 0) is 17.8 Å². The van der Waals surface area contributed by atoms with Gasteiger partial charge in [0.2, 0.25) is 5.91 Å². The number of nitrogens with one attached hydrogen (secondary N) is 2. The Bertz CT molecular complexity index is 1290. The molecule has 4 heterocycles. The first kappa shape index (κ1) is 28.5. The number of imidazole rings is 1. The minimum Gasteiger partial charge on any atom is -0.355 e. The monoisotopic (exact) mass is 548 g/mol. The van der Waals surface area contributed by atoms with E-state index in [1.54, 1.807) is 23.1 Å². The summed E-state index contributed by atoms with van der Waals surface area (Å²) in [5, 5.41) is 14.1. The Kier molecular flexibility index (Phi) is 8.86. The number of aromatic nitrogens is 6. The molecule has 1 fully saturated rings. The Morgan fingerprint density at radius 3 is 2.79 bits per heavy atom. The normalized spacial score (nSPS) is 19.6. The zero-order valence-electron chi connectivity index (χ0n) is 22.4. The van der Waals surface area contributed by atoms with E-state index in [-0.39, 0.29) is 18.7 Å². The molecule has 39 heavy (non-hydrogen) atoms. The SMILES string of the molecule is CCC(C)CCCC(NC(=O)c1ccnn1CC)c1cn2nc(CC3CC(C(F)(F)F)CNC3=O)cnc2n1. The van der Waals surface area contributed by atoms with E-state index in [2.05, 4.69) is 44.6 Å². The van der Waals surface area contributed by atoms with Gasteiger partial charge in [0.25, 0.3) is 11.7 Å². The van der Waals surface area contributed by atoms with Crippen molar-refractivity contribution in [1.82, 2.24) is 40.0 Å². The number of fused-ring (bicyclic) bond motifs is 1. The molecule has 13 heteroatoms. The maximum absolute atomic E-state index is 13.2. The zero-order chi connectivity index (χ0) is 28.2. The van der Waals surface area contributed by atoms with Gasteiger partial charge in [0.1, 0.15) is 5.69 Å². The first-order valence-corrected chi connectivity index (χ1v) is 13.5. The second kappa shape index (κ2) is 12.1. The lowest BCUT2D eigenvalue weighted by atomic mass is 9.86. The molecule has 4 atom stereocenters. The quantitative estimate of drug-likeness (QED) is 0.375. The summed E-state index contributed by atoms with van der Waals surface area (Å²) in [4.78, 5) is 34.2. The minimum atomic E-state index is -4.37. The highest BCUT2D eigenvalue weighted by atomic mass is 19.4. The molecule has 4 unspecified atom stereocenters. The van der Waals surface area contributed by atoms with E-state index in [9.17, 15) is 22.8 Å². The average Bonchev–Trinajstić information content (AvgIpc) is 3.55. The molecule has 0 bridgehead atoms. The highest BCUT2D eigenvalue weighted by Crippen LogP contribution is 2.34. The van der Waals surface area contributed by atoms with Crippen molar-refractivity contribution < 1.29 is 22.8 Å². The van der Waals surface area contributed by atoms with Crippen LogP contribution in [0.15, 0.2) is 24.7 Å². The van der Waals surface area contributed by atoms with Gasteiger partial charge in [0.15, 0.2) is 0 Å². The van der Waals surface area contributed by atoms with Crippen LogP contribution in [-0.4, -0.2) is 53.9 Å². The van der Waals surface area contributed by atoms with E-state index in [0.29, 0.717) is 41.7 Å². The van der Waals surface area contributed by atoms with E-state index in [0.717, 1.165) is 19.3 Å².